The summed E-state index contributed by atoms with van der Waals surface area (Å²) in [6.45, 7) is 1.96. The maximum absolute atomic E-state index is 10.8. The molecular weight excluding hydrogens is 342 g/mol. The summed E-state index contributed by atoms with van der Waals surface area (Å²) in [6, 6.07) is 5.55. The average Bonchev–Trinajstić information content (AvgIpc) is 2.56. The van der Waals surface area contributed by atoms with Crippen molar-refractivity contribution in [2.24, 2.45) is 5.10 Å². The standard InChI is InChI=1S/C16H15N5O5/c1-9-3-11(8-26-2)12(6-17)16(19-9)20-18-7-10-4-13(21(24)25)15(23)5-14(10)22/h3-5,7,22-23H,8H2,1-2H3,(H,19,20)/b18-7-. The summed E-state index contributed by atoms with van der Waals surface area (Å²) >= 11 is 0. The Morgan fingerprint density at radius 3 is 2.77 bits per heavy atom. The molecule has 0 aliphatic rings. The van der Waals surface area contributed by atoms with E-state index in [0.717, 1.165) is 18.3 Å². The van der Waals surface area contributed by atoms with E-state index < -0.39 is 22.1 Å². The summed E-state index contributed by atoms with van der Waals surface area (Å²) in [5.41, 5.74) is 3.52. The number of hydrogen-bond acceptors (Lipinski definition) is 9. The molecule has 0 saturated heterocycles. The zero-order valence-corrected chi connectivity index (χ0v) is 13.9. The highest BCUT2D eigenvalue weighted by Gasteiger charge is 2.17. The lowest BCUT2D eigenvalue weighted by molar-refractivity contribution is -0.385. The number of aromatic nitrogens is 1. The Labute approximate surface area is 148 Å². The molecule has 134 valence electrons. The minimum absolute atomic E-state index is 0.00488. The molecule has 26 heavy (non-hydrogen) atoms. The Bertz CT molecular complexity index is 920. The van der Waals surface area contributed by atoms with Gasteiger partial charge in [-0.25, -0.2) is 4.98 Å². The highest BCUT2D eigenvalue weighted by atomic mass is 16.6. The van der Waals surface area contributed by atoms with Crippen LogP contribution in [0.3, 0.4) is 0 Å². The molecule has 1 aromatic heterocycles. The van der Waals surface area contributed by atoms with Crippen LogP contribution in [0.2, 0.25) is 0 Å². The second-order valence-corrected chi connectivity index (χ2v) is 5.22. The number of benzene rings is 1. The van der Waals surface area contributed by atoms with Crippen molar-refractivity contribution in [3.05, 3.63) is 50.7 Å². The van der Waals surface area contributed by atoms with Crippen LogP contribution in [0.4, 0.5) is 11.5 Å². The number of ether oxygens (including phenoxy) is 1. The highest BCUT2D eigenvalue weighted by molar-refractivity contribution is 5.86. The number of phenols is 2. The number of hydrogen-bond donors (Lipinski definition) is 3. The third-order valence-electron chi connectivity index (χ3n) is 3.34. The fraction of sp³-hybridized carbons (Fsp3) is 0.188. The van der Waals surface area contributed by atoms with E-state index in [1.807, 2.05) is 6.07 Å². The molecule has 10 heteroatoms. The van der Waals surface area contributed by atoms with Crippen molar-refractivity contribution >= 4 is 17.7 Å². The number of pyridine rings is 1. The van der Waals surface area contributed by atoms with Gasteiger partial charge in [-0.05, 0) is 13.0 Å². The second kappa shape index (κ2) is 7.91. The number of aryl methyl sites for hydroxylation is 1. The smallest absolute Gasteiger partial charge is 0.311 e. The van der Waals surface area contributed by atoms with E-state index >= 15 is 0 Å². The number of aromatic hydroxyl groups is 2. The van der Waals surface area contributed by atoms with Gasteiger partial charge in [-0.3, -0.25) is 15.5 Å². The number of methoxy groups -OCH3 is 1. The van der Waals surface area contributed by atoms with E-state index in [-0.39, 0.29) is 23.6 Å². The first-order valence-electron chi connectivity index (χ1n) is 7.26. The Morgan fingerprint density at radius 2 is 2.15 bits per heavy atom. The number of nitro groups is 1. The van der Waals surface area contributed by atoms with E-state index in [4.69, 9.17) is 4.74 Å². The average molecular weight is 357 g/mol. The number of nitrogens with zero attached hydrogens (tertiary/aromatic N) is 4. The minimum atomic E-state index is -0.785. The third-order valence-corrected chi connectivity index (χ3v) is 3.34. The predicted octanol–water partition coefficient (Wildman–Crippen LogP) is 2.17. The van der Waals surface area contributed by atoms with Crippen LogP contribution in [0.1, 0.15) is 22.4 Å². The molecule has 0 spiro atoms. The Morgan fingerprint density at radius 1 is 1.42 bits per heavy atom. The van der Waals surface area contributed by atoms with Gasteiger partial charge in [0.1, 0.15) is 17.4 Å². The van der Waals surface area contributed by atoms with Gasteiger partial charge >= 0.3 is 5.69 Å². The number of anilines is 1. The number of phenolic OH excluding ortho intramolecular Hbond substituents is 2. The monoisotopic (exact) mass is 357 g/mol. The van der Waals surface area contributed by atoms with Crippen molar-refractivity contribution in [2.45, 2.75) is 13.5 Å². The molecule has 2 aromatic rings. The van der Waals surface area contributed by atoms with Gasteiger partial charge in [-0.2, -0.15) is 10.4 Å². The topological polar surface area (TPSA) is 154 Å². The molecule has 3 N–H and O–H groups in total. The molecule has 0 fully saturated rings. The summed E-state index contributed by atoms with van der Waals surface area (Å²) in [5, 5.41) is 43.2. The number of nitrogens with one attached hydrogen (secondary N) is 1. The fourth-order valence-corrected chi connectivity index (χ4v) is 2.21. The van der Waals surface area contributed by atoms with Gasteiger partial charge in [-0.15, -0.1) is 0 Å². The van der Waals surface area contributed by atoms with Gasteiger partial charge in [0.2, 0.25) is 0 Å². The van der Waals surface area contributed by atoms with Gasteiger partial charge in [0.15, 0.2) is 11.6 Å². The summed E-state index contributed by atoms with van der Waals surface area (Å²) < 4.78 is 5.05. The van der Waals surface area contributed by atoms with Crippen LogP contribution in [0, 0.1) is 28.4 Å². The number of nitriles is 1. The normalized spacial score (nSPS) is 10.7. The molecule has 0 aliphatic carbocycles. The van der Waals surface area contributed by atoms with Crippen LogP contribution in [-0.4, -0.2) is 33.4 Å². The zero-order valence-electron chi connectivity index (χ0n) is 13.9. The van der Waals surface area contributed by atoms with Crippen molar-refractivity contribution < 1.29 is 19.9 Å². The van der Waals surface area contributed by atoms with E-state index in [1.165, 1.54) is 7.11 Å². The van der Waals surface area contributed by atoms with Crippen molar-refractivity contribution in [2.75, 3.05) is 12.5 Å². The SMILES string of the molecule is COCc1cc(C)nc(N/N=C\c2cc([N+](=O)[O-])c(O)cc2O)c1C#N. The summed E-state index contributed by atoms with van der Waals surface area (Å²) in [4.78, 5) is 14.2. The Hall–Kier alpha value is -3.71. The van der Waals surface area contributed by atoms with Crippen molar-refractivity contribution in [1.29, 1.82) is 5.26 Å². The largest absolute Gasteiger partial charge is 0.507 e. The fourth-order valence-electron chi connectivity index (χ4n) is 2.21. The lowest BCUT2D eigenvalue weighted by Gasteiger charge is -2.09. The molecule has 0 bridgehead atoms. The molecule has 10 nitrogen and oxygen atoms in total. The highest BCUT2D eigenvalue weighted by Crippen LogP contribution is 2.32. The van der Waals surface area contributed by atoms with Gasteiger partial charge in [0.05, 0.1) is 17.7 Å². The first-order chi connectivity index (χ1) is 12.4. The molecule has 0 radical (unpaired) electrons. The lowest BCUT2D eigenvalue weighted by atomic mass is 10.1. The lowest BCUT2D eigenvalue weighted by Crippen LogP contribution is -2.03. The number of nitro benzene ring substituents is 1. The molecule has 0 amide bonds. The molecule has 0 aliphatic heterocycles. The van der Waals surface area contributed by atoms with Gasteiger partial charge < -0.3 is 14.9 Å². The Kier molecular flexibility index (Phi) is 5.67. The van der Waals surface area contributed by atoms with Gasteiger partial charge in [0.25, 0.3) is 0 Å². The van der Waals surface area contributed by atoms with E-state index in [2.05, 4.69) is 15.5 Å². The summed E-state index contributed by atoms with van der Waals surface area (Å²) in [6.07, 6.45) is 1.11. The number of hydrazone groups is 1. The minimum Gasteiger partial charge on any atom is -0.507 e. The molecule has 2 rings (SSSR count). The van der Waals surface area contributed by atoms with Crippen LogP contribution in [0.15, 0.2) is 23.3 Å². The van der Waals surface area contributed by atoms with Crippen LogP contribution >= 0.6 is 0 Å². The summed E-state index contributed by atoms with van der Waals surface area (Å²) in [5.74, 6) is -0.867. The third kappa shape index (κ3) is 4.03. The van der Waals surface area contributed by atoms with Crippen LogP contribution in [0.25, 0.3) is 0 Å². The van der Waals surface area contributed by atoms with Crippen molar-refractivity contribution in [1.82, 2.24) is 4.98 Å². The van der Waals surface area contributed by atoms with E-state index in [0.29, 0.717) is 11.3 Å². The number of rotatable bonds is 6. The van der Waals surface area contributed by atoms with Gasteiger partial charge in [0, 0.05) is 36.1 Å². The van der Waals surface area contributed by atoms with Gasteiger partial charge in [-0.1, -0.05) is 0 Å². The maximum Gasteiger partial charge on any atom is 0.311 e. The molecule has 1 aromatic carbocycles. The van der Waals surface area contributed by atoms with Crippen LogP contribution in [-0.2, 0) is 11.3 Å². The second-order valence-electron chi connectivity index (χ2n) is 5.22. The molecule has 1 heterocycles. The van der Waals surface area contributed by atoms with Crippen LogP contribution < -0.4 is 5.43 Å². The Balaban J connectivity index is 2.33. The predicted molar refractivity (Wildman–Crippen MR) is 92.0 cm³/mol. The molecule has 0 atom stereocenters. The first-order valence-corrected chi connectivity index (χ1v) is 7.26. The van der Waals surface area contributed by atoms with E-state index in [1.54, 1.807) is 13.0 Å². The molecule has 0 saturated carbocycles. The first kappa shape index (κ1) is 18.6. The zero-order chi connectivity index (χ0) is 19.3. The van der Waals surface area contributed by atoms with E-state index in [9.17, 15) is 25.6 Å². The molecule has 0 unspecified atom stereocenters. The van der Waals surface area contributed by atoms with Crippen molar-refractivity contribution in [3.63, 3.8) is 0 Å². The van der Waals surface area contributed by atoms with Crippen LogP contribution in [0.5, 0.6) is 11.5 Å². The molecular formula is C16H15N5O5. The quantitative estimate of drug-likeness (QED) is 0.404. The van der Waals surface area contributed by atoms with Crippen molar-refractivity contribution in [3.8, 4) is 17.6 Å². The summed E-state index contributed by atoms with van der Waals surface area (Å²) in [7, 11) is 1.50. The maximum atomic E-state index is 10.8.